The molecule has 1 heterocycles. The van der Waals surface area contributed by atoms with Gasteiger partial charge in [0, 0.05) is 0 Å². The number of rotatable bonds is 3. The number of carbonyl (C=O) groups is 1. The highest BCUT2D eigenvalue weighted by Gasteiger charge is 2.33. The zero-order valence-corrected chi connectivity index (χ0v) is 14.5. The molecule has 120 valence electrons. The standard InChI is InChI=1S/C19H14FNOS2/c1-13(10-14-6-3-2-4-7-14)11-17-18(22)21(19(23)24-17)16-9-5-8-15(20)12-16/h2-12H,1H3/b13-10-,17-11-. The Bertz CT molecular complexity index is 859. The monoisotopic (exact) mass is 355 g/mol. The highest BCUT2D eigenvalue weighted by Crippen LogP contribution is 2.35. The first-order valence-corrected chi connectivity index (χ1v) is 8.54. The molecule has 1 saturated heterocycles. The summed E-state index contributed by atoms with van der Waals surface area (Å²) in [4.78, 5) is 14.5. The van der Waals surface area contributed by atoms with E-state index < -0.39 is 5.82 Å². The fraction of sp³-hybridized carbons (Fsp3) is 0.0526. The predicted octanol–water partition coefficient (Wildman–Crippen LogP) is 5.18. The molecule has 0 radical (unpaired) electrons. The number of benzene rings is 2. The first-order valence-electron chi connectivity index (χ1n) is 7.31. The van der Waals surface area contributed by atoms with E-state index in [4.69, 9.17) is 12.2 Å². The van der Waals surface area contributed by atoms with Gasteiger partial charge in [0.25, 0.3) is 5.91 Å². The van der Waals surface area contributed by atoms with Crippen LogP contribution < -0.4 is 4.90 Å². The molecule has 0 saturated carbocycles. The van der Waals surface area contributed by atoms with E-state index in [0.29, 0.717) is 14.9 Å². The third kappa shape index (κ3) is 3.63. The number of halogens is 1. The van der Waals surface area contributed by atoms with E-state index >= 15 is 0 Å². The molecule has 1 aliphatic rings. The van der Waals surface area contributed by atoms with Gasteiger partial charge in [-0.05, 0) is 42.3 Å². The Morgan fingerprint density at radius 3 is 2.62 bits per heavy atom. The van der Waals surface area contributed by atoms with Crippen molar-refractivity contribution in [3.63, 3.8) is 0 Å². The molecular weight excluding hydrogens is 341 g/mol. The average molecular weight is 355 g/mol. The number of carbonyl (C=O) groups excluding carboxylic acids is 1. The minimum absolute atomic E-state index is 0.226. The minimum Gasteiger partial charge on any atom is -0.268 e. The number of thiocarbonyl (C=S) groups is 1. The van der Waals surface area contributed by atoms with Gasteiger partial charge in [-0.2, -0.15) is 0 Å². The summed E-state index contributed by atoms with van der Waals surface area (Å²) in [6.45, 7) is 1.93. The van der Waals surface area contributed by atoms with Crippen molar-refractivity contribution in [3.8, 4) is 0 Å². The largest absolute Gasteiger partial charge is 0.270 e. The topological polar surface area (TPSA) is 20.3 Å². The molecule has 0 aliphatic carbocycles. The Balaban J connectivity index is 1.87. The maximum absolute atomic E-state index is 13.4. The zero-order valence-electron chi connectivity index (χ0n) is 12.9. The smallest absolute Gasteiger partial charge is 0.268 e. The lowest BCUT2D eigenvalue weighted by Crippen LogP contribution is -2.27. The Morgan fingerprint density at radius 1 is 1.17 bits per heavy atom. The lowest BCUT2D eigenvalue weighted by Gasteiger charge is -2.14. The van der Waals surface area contributed by atoms with E-state index in [-0.39, 0.29) is 5.91 Å². The molecule has 3 rings (SSSR count). The average Bonchev–Trinajstić information content (AvgIpc) is 2.82. The Kier molecular flexibility index (Phi) is 4.92. The van der Waals surface area contributed by atoms with Crippen molar-refractivity contribution in [2.75, 3.05) is 4.90 Å². The molecule has 1 fully saturated rings. The predicted molar refractivity (Wildman–Crippen MR) is 102 cm³/mol. The van der Waals surface area contributed by atoms with E-state index in [1.165, 1.54) is 28.8 Å². The van der Waals surface area contributed by atoms with Gasteiger partial charge in [0.15, 0.2) is 4.32 Å². The number of thioether (sulfide) groups is 1. The molecule has 2 aromatic rings. The van der Waals surface area contributed by atoms with Crippen LogP contribution in [0.5, 0.6) is 0 Å². The van der Waals surface area contributed by atoms with Crippen molar-refractivity contribution in [2.45, 2.75) is 6.92 Å². The van der Waals surface area contributed by atoms with Crippen molar-refractivity contribution in [1.29, 1.82) is 0 Å². The van der Waals surface area contributed by atoms with Gasteiger partial charge in [0.05, 0.1) is 10.6 Å². The van der Waals surface area contributed by atoms with Gasteiger partial charge in [-0.3, -0.25) is 9.69 Å². The third-order valence-electron chi connectivity index (χ3n) is 3.41. The summed E-state index contributed by atoms with van der Waals surface area (Å²) in [5.41, 5.74) is 2.46. The minimum atomic E-state index is -0.398. The van der Waals surface area contributed by atoms with Crippen LogP contribution in [-0.4, -0.2) is 10.2 Å². The lowest BCUT2D eigenvalue weighted by molar-refractivity contribution is -0.113. The van der Waals surface area contributed by atoms with Crippen LogP contribution >= 0.6 is 24.0 Å². The molecule has 5 heteroatoms. The molecule has 24 heavy (non-hydrogen) atoms. The maximum atomic E-state index is 13.4. The summed E-state index contributed by atoms with van der Waals surface area (Å²) in [5, 5.41) is 0. The van der Waals surface area contributed by atoms with E-state index in [0.717, 1.165) is 11.1 Å². The maximum Gasteiger partial charge on any atom is 0.270 e. The highest BCUT2D eigenvalue weighted by molar-refractivity contribution is 8.27. The zero-order chi connectivity index (χ0) is 17.1. The molecule has 2 nitrogen and oxygen atoms in total. The van der Waals surface area contributed by atoms with Crippen molar-refractivity contribution in [1.82, 2.24) is 0 Å². The van der Waals surface area contributed by atoms with Gasteiger partial charge in [0.1, 0.15) is 5.82 Å². The Morgan fingerprint density at radius 2 is 1.92 bits per heavy atom. The normalized spacial score (nSPS) is 17.0. The summed E-state index contributed by atoms with van der Waals surface area (Å²) in [7, 11) is 0. The first-order chi connectivity index (χ1) is 11.5. The van der Waals surface area contributed by atoms with Crippen LogP contribution in [0.15, 0.2) is 71.2 Å². The second kappa shape index (κ2) is 7.11. The fourth-order valence-electron chi connectivity index (χ4n) is 2.37. The van der Waals surface area contributed by atoms with Crippen LogP contribution in [0.1, 0.15) is 12.5 Å². The molecule has 0 N–H and O–H groups in total. The van der Waals surface area contributed by atoms with Crippen molar-refractivity contribution >= 4 is 46.0 Å². The highest BCUT2D eigenvalue weighted by atomic mass is 32.2. The number of amides is 1. The van der Waals surface area contributed by atoms with Crippen LogP contribution in [0, 0.1) is 5.82 Å². The molecule has 2 aromatic carbocycles. The number of hydrogen-bond donors (Lipinski definition) is 0. The van der Waals surface area contributed by atoms with E-state index in [1.54, 1.807) is 12.1 Å². The molecular formula is C19H14FNOS2. The van der Waals surface area contributed by atoms with Gasteiger partial charge >= 0.3 is 0 Å². The Hall–Kier alpha value is -2.24. The second-order valence-electron chi connectivity index (χ2n) is 5.30. The lowest BCUT2D eigenvalue weighted by atomic mass is 10.1. The molecule has 0 spiro atoms. The third-order valence-corrected chi connectivity index (χ3v) is 4.71. The van der Waals surface area contributed by atoms with E-state index in [9.17, 15) is 9.18 Å². The van der Waals surface area contributed by atoms with Crippen molar-refractivity contribution in [2.24, 2.45) is 0 Å². The summed E-state index contributed by atoms with van der Waals surface area (Å²) >= 11 is 6.51. The van der Waals surface area contributed by atoms with Crippen molar-refractivity contribution < 1.29 is 9.18 Å². The summed E-state index contributed by atoms with van der Waals surface area (Å²) in [6, 6.07) is 15.7. The number of anilines is 1. The molecule has 0 unspecified atom stereocenters. The van der Waals surface area contributed by atoms with E-state index in [2.05, 4.69) is 0 Å². The molecule has 0 aromatic heterocycles. The molecule has 1 aliphatic heterocycles. The van der Waals surface area contributed by atoms with Gasteiger partial charge in [-0.25, -0.2) is 4.39 Å². The first kappa shape index (κ1) is 16.6. The van der Waals surface area contributed by atoms with Gasteiger partial charge in [-0.1, -0.05) is 66.5 Å². The SMILES string of the molecule is CC(=C/c1ccccc1)/C=C1\SC(=S)N(c2cccc(F)c2)C1=O. The van der Waals surface area contributed by atoms with E-state index in [1.807, 2.05) is 49.4 Å². The van der Waals surface area contributed by atoms with Crippen LogP contribution in [0.2, 0.25) is 0 Å². The van der Waals surface area contributed by atoms with Gasteiger partial charge in [-0.15, -0.1) is 0 Å². The molecule has 0 atom stereocenters. The van der Waals surface area contributed by atoms with Gasteiger partial charge in [0.2, 0.25) is 0 Å². The number of allylic oxidation sites excluding steroid dienone is 2. The summed E-state index contributed by atoms with van der Waals surface area (Å²) in [6.07, 6.45) is 3.81. The summed E-state index contributed by atoms with van der Waals surface area (Å²) < 4.78 is 13.8. The van der Waals surface area contributed by atoms with Crippen LogP contribution in [0.3, 0.4) is 0 Å². The van der Waals surface area contributed by atoms with Crippen molar-refractivity contribution in [3.05, 3.63) is 82.5 Å². The second-order valence-corrected chi connectivity index (χ2v) is 6.97. The fourth-order valence-corrected chi connectivity index (χ4v) is 3.71. The van der Waals surface area contributed by atoms with Crippen LogP contribution in [0.4, 0.5) is 10.1 Å². The molecule has 0 bridgehead atoms. The summed E-state index contributed by atoms with van der Waals surface area (Å²) in [5.74, 6) is -0.623. The molecule has 1 amide bonds. The van der Waals surface area contributed by atoms with Gasteiger partial charge < -0.3 is 0 Å². The number of nitrogens with zero attached hydrogens (tertiary/aromatic N) is 1. The van der Waals surface area contributed by atoms with Crippen LogP contribution in [0.25, 0.3) is 6.08 Å². The quantitative estimate of drug-likeness (QED) is 0.559. The van der Waals surface area contributed by atoms with Crippen LogP contribution in [-0.2, 0) is 4.79 Å². The Labute approximate surface area is 149 Å². The number of hydrogen-bond acceptors (Lipinski definition) is 3.